The number of rotatable bonds is 1. The maximum Gasteiger partial charge on any atom is 0.227 e. The molecular weight excluding hydrogens is 418 g/mol. The molecule has 168 valence electrons. The van der Waals surface area contributed by atoms with Crippen LogP contribution in [0.4, 0.5) is 0 Å². The molecule has 0 spiro atoms. The summed E-state index contributed by atoms with van der Waals surface area (Å²) in [7, 11) is 0. The summed E-state index contributed by atoms with van der Waals surface area (Å²) in [5.41, 5.74) is 10.3. The van der Waals surface area contributed by atoms with Gasteiger partial charge in [0.2, 0.25) is 5.71 Å². The first-order chi connectivity index (χ1) is 16.5. The molecule has 4 aromatic rings. The molecule has 0 saturated carbocycles. The number of hydrogen-bond donors (Lipinski definition) is 0. The Labute approximate surface area is 199 Å². The van der Waals surface area contributed by atoms with Crippen molar-refractivity contribution in [2.75, 3.05) is 6.54 Å². The van der Waals surface area contributed by atoms with Crippen LogP contribution < -0.4 is 0 Å². The van der Waals surface area contributed by atoms with Gasteiger partial charge in [-0.25, -0.2) is 4.98 Å². The van der Waals surface area contributed by atoms with Crippen molar-refractivity contribution in [3.05, 3.63) is 101 Å². The van der Waals surface area contributed by atoms with Gasteiger partial charge in [0.25, 0.3) is 0 Å². The van der Waals surface area contributed by atoms with Gasteiger partial charge in [-0.1, -0.05) is 49.6 Å². The Morgan fingerprint density at radius 3 is 2.71 bits per heavy atom. The molecular formula is C30H27N3O. The van der Waals surface area contributed by atoms with E-state index < -0.39 is 0 Å². The third-order valence-electron chi connectivity index (χ3n) is 7.25. The van der Waals surface area contributed by atoms with Crippen LogP contribution in [0.1, 0.15) is 47.2 Å². The number of benzene rings is 2. The molecule has 4 heteroatoms. The zero-order valence-electron chi connectivity index (χ0n) is 19.6. The van der Waals surface area contributed by atoms with Crippen LogP contribution in [0.2, 0.25) is 0 Å². The Morgan fingerprint density at radius 2 is 1.85 bits per heavy atom. The van der Waals surface area contributed by atoms with E-state index >= 15 is 0 Å². The average molecular weight is 446 g/mol. The molecule has 2 aliphatic heterocycles. The van der Waals surface area contributed by atoms with Gasteiger partial charge in [0.1, 0.15) is 5.58 Å². The first kappa shape index (κ1) is 20.8. The SMILES string of the molecule is C=CC1=NC2C(=C)C/N=C(/C)c3c(ccc4c3oc3nc(C)ccc34)CCC2c2ccccc21. The molecule has 0 fully saturated rings. The predicted octanol–water partition coefficient (Wildman–Crippen LogP) is 6.74. The summed E-state index contributed by atoms with van der Waals surface area (Å²) in [4.78, 5) is 14.7. The Hall–Kier alpha value is -3.79. The highest BCUT2D eigenvalue weighted by atomic mass is 16.3. The molecule has 4 heterocycles. The third kappa shape index (κ3) is 3.17. The van der Waals surface area contributed by atoms with Crippen molar-refractivity contribution in [1.29, 1.82) is 0 Å². The third-order valence-corrected chi connectivity index (χ3v) is 7.25. The summed E-state index contributed by atoms with van der Waals surface area (Å²) in [6, 6.07) is 17.1. The lowest BCUT2D eigenvalue weighted by atomic mass is 9.77. The van der Waals surface area contributed by atoms with Gasteiger partial charge < -0.3 is 4.42 Å². The normalized spacial score (nSPS) is 21.8. The van der Waals surface area contributed by atoms with Crippen molar-refractivity contribution >= 4 is 33.5 Å². The summed E-state index contributed by atoms with van der Waals surface area (Å²) in [6.07, 6.45) is 3.74. The van der Waals surface area contributed by atoms with Crippen LogP contribution in [-0.4, -0.2) is 29.0 Å². The lowest BCUT2D eigenvalue weighted by Crippen LogP contribution is -2.29. The van der Waals surface area contributed by atoms with Gasteiger partial charge >= 0.3 is 0 Å². The molecule has 2 unspecified atom stereocenters. The summed E-state index contributed by atoms with van der Waals surface area (Å²) in [6.45, 7) is 13.0. The average Bonchev–Trinajstić information content (AvgIpc) is 3.21. The topological polar surface area (TPSA) is 50.8 Å². The monoisotopic (exact) mass is 445 g/mol. The number of allylic oxidation sites excluding steroid dienone is 1. The van der Waals surface area contributed by atoms with Crippen LogP contribution in [0.3, 0.4) is 0 Å². The molecule has 2 aromatic carbocycles. The van der Waals surface area contributed by atoms with Gasteiger partial charge in [-0.15, -0.1) is 0 Å². The molecule has 2 aromatic heterocycles. The van der Waals surface area contributed by atoms with E-state index in [2.05, 4.69) is 67.5 Å². The highest BCUT2D eigenvalue weighted by molar-refractivity contribution is 6.15. The largest absolute Gasteiger partial charge is 0.437 e. The zero-order chi connectivity index (χ0) is 23.4. The van der Waals surface area contributed by atoms with Gasteiger partial charge in [0.15, 0.2) is 0 Å². The summed E-state index contributed by atoms with van der Waals surface area (Å²) in [5, 5.41) is 2.14. The smallest absolute Gasteiger partial charge is 0.227 e. The van der Waals surface area contributed by atoms with E-state index in [1.807, 2.05) is 19.1 Å². The Morgan fingerprint density at radius 1 is 1.03 bits per heavy atom. The Balaban J connectivity index is 1.52. The fourth-order valence-electron chi connectivity index (χ4n) is 5.55. The minimum absolute atomic E-state index is 0.00288. The quantitative estimate of drug-likeness (QED) is 0.305. The Kier molecular flexibility index (Phi) is 4.84. The number of hydrogen-bond acceptors (Lipinski definition) is 4. The molecule has 34 heavy (non-hydrogen) atoms. The molecule has 0 aliphatic carbocycles. The number of fused-ring (bicyclic) bond motifs is 8. The fraction of sp³-hybridized carbons (Fsp3) is 0.233. The minimum atomic E-state index is 0.00288. The van der Waals surface area contributed by atoms with Crippen molar-refractivity contribution < 1.29 is 4.42 Å². The van der Waals surface area contributed by atoms with Crippen LogP contribution in [0.25, 0.3) is 22.1 Å². The van der Waals surface area contributed by atoms with Crippen LogP contribution in [-0.2, 0) is 6.42 Å². The maximum atomic E-state index is 6.34. The second kappa shape index (κ2) is 7.91. The molecule has 0 N–H and O–H groups in total. The van der Waals surface area contributed by atoms with Gasteiger partial charge in [-0.3, -0.25) is 9.98 Å². The number of furan rings is 1. The first-order valence-corrected chi connectivity index (χ1v) is 11.9. The van der Waals surface area contributed by atoms with E-state index in [1.54, 1.807) is 0 Å². The second-order valence-corrected chi connectivity index (χ2v) is 9.34. The van der Waals surface area contributed by atoms with Gasteiger partial charge in [-0.2, -0.15) is 0 Å². The molecule has 0 amide bonds. The van der Waals surface area contributed by atoms with Gasteiger partial charge in [0, 0.05) is 39.2 Å². The van der Waals surface area contributed by atoms with E-state index in [4.69, 9.17) is 14.4 Å². The van der Waals surface area contributed by atoms with Crippen molar-refractivity contribution in [2.45, 2.75) is 38.6 Å². The molecule has 0 saturated heterocycles. The van der Waals surface area contributed by atoms with E-state index in [1.165, 1.54) is 16.7 Å². The standard InChI is InChI=1S/C30H27N3O/c1-5-26-22-9-7-6-8-21(22)23-14-11-20-12-15-24-25-13-10-18(3)32-30(25)34-29(24)27(20)19(4)31-16-17(2)28(23)33-26/h5-10,12-13,15,23,28H,1-2,11,14,16H2,3-4H3/b31-19-. The number of aromatic nitrogens is 1. The summed E-state index contributed by atoms with van der Waals surface area (Å²) in [5.74, 6) is 0.254. The molecule has 2 atom stereocenters. The van der Waals surface area contributed by atoms with Crippen LogP contribution in [0.5, 0.6) is 0 Å². The van der Waals surface area contributed by atoms with Crippen molar-refractivity contribution in [2.24, 2.45) is 9.98 Å². The van der Waals surface area contributed by atoms with Gasteiger partial charge in [-0.05, 0) is 61.6 Å². The van der Waals surface area contributed by atoms with Crippen LogP contribution >= 0.6 is 0 Å². The fourth-order valence-corrected chi connectivity index (χ4v) is 5.55. The van der Waals surface area contributed by atoms with E-state index in [-0.39, 0.29) is 12.0 Å². The van der Waals surface area contributed by atoms with Crippen molar-refractivity contribution in [3.63, 3.8) is 0 Å². The molecule has 2 aliphatic rings. The Bertz CT molecular complexity index is 1550. The number of nitrogens with zero attached hydrogens (tertiary/aromatic N) is 3. The van der Waals surface area contributed by atoms with E-state index in [0.29, 0.717) is 12.3 Å². The van der Waals surface area contributed by atoms with Crippen LogP contribution in [0.15, 0.2) is 87.7 Å². The second-order valence-electron chi connectivity index (χ2n) is 9.34. The van der Waals surface area contributed by atoms with Crippen molar-refractivity contribution in [3.8, 4) is 0 Å². The molecule has 4 nitrogen and oxygen atoms in total. The highest BCUT2D eigenvalue weighted by Gasteiger charge is 2.32. The number of aliphatic imine (C=N–C) groups is 2. The zero-order valence-corrected chi connectivity index (χ0v) is 19.6. The van der Waals surface area contributed by atoms with Gasteiger partial charge in [0.05, 0.1) is 18.3 Å². The molecule has 0 bridgehead atoms. The maximum absolute atomic E-state index is 6.34. The molecule has 0 radical (unpaired) electrons. The lowest BCUT2D eigenvalue weighted by Gasteiger charge is -2.33. The summed E-state index contributed by atoms with van der Waals surface area (Å²) < 4.78 is 6.34. The van der Waals surface area contributed by atoms with E-state index in [0.717, 1.165) is 57.5 Å². The predicted molar refractivity (Wildman–Crippen MR) is 140 cm³/mol. The number of aryl methyl sites for hydroxylation is 2. The van der Waals surface area contributed by atoms with Crippen molar-refractivity contribution in [1.82, 2.24) is 4.98 Å². The number of pyridine rings is 1. The minimum Gasteiger partial charge on any atom is -0.437 e. The van der Waals surface area contributed by atoms with E-state index in [9.17, 15) is 0 Å². The van der Waals surface area contributed by atoms with Crippen LogP contribution in [0, 0.1) is 6.92 Å². The first-order valence-electron chi connectivity index (χ1n) is 11.9. The summed E-state index contributed by atoms with van der Waals surface area (Å²) >= 11 is 0. The molecule has 6 rings (SSSR count). The lowest BCUT2D eigenvalue weighted by molar-refractivity contribution is 0.536. The highest BCUT2D eigenvalue weighted by Crippen LogP contribution is 2.39.